The zero-order valence-corrected chi connectivity index (χ0v) is 16.2. The molecule has 1 saturated heterocycles. The van der Waals surface area contributed by atoms with Crippen LogP contribution in [-0.2, 0) is 14.8 Å². The Morgan fingerprint density at radius 1 is 1.11 bits per heavy atom. The van der Waals surface area contributed by atoms with Crippen molar-refractivity contribution in [2.45, 2.75) is 38.0 Å². The summed E-state index contributed by atoms with van der Waals surface area (Å²) in [6.07, 6.45) is 2.32. The van der Waals surface area contributed by atoms with Crippen molar-refractivity contribution in [3.05, 3.63) is 53.6 Å². The first-order valence-electron chi connectivity index (χ1n) is 8.83. The molecule has 3 rings (SSSR count). The van der Waals surface area contributed by atoms with Gasteiger partial charge in [-0.25, -0.2) is 8.42 Å². The number of carbonyl (C=O) groups is 2. The minimum atomic E-state index is -3.85. The van der Waals surface area contributed by atoms with Crippen molar-refractivity contribution in [2.75, 3.05) is 16.2 Å². The number of sulfonamides is 1. The standard InChI is InChI=1S/C20H22N2O4S/c1-14-9-10-17(13-19(14)22-11-4-3-8-20(22)24)21-27(25,26)18-7-5-6-16(12-18)15(2)23/h5-7,9-10,12-13,21H,3-4,8,11H2,1-2H3. The van der Waals surface area contributed by atoms with E-state index in [1.54, 1.807) is 29.2 Å². The van der Waals surface area contributed by atoms with Gasteiger partial charge in [0.15, 0.2) is 5.78 Å². The normalized spacial score (nSPS) is 14.9. The van der Waals surface area contributed by atoms with Crippen molar-refractivity contribution in [3.63, 3.8) is 0 Å². The van der Waals surface area contributed by atoms with Crippen LogP contribution in [0.1, 0.15) is 42.1 Å². The second-order valence-electron chi connectivity index (χ2n) is 6.69. The third kappa shape index (κ3) is 4.19. The molecule has 7 heteroatoms. The number of ketones is 1. The molecule has 0 aromatic heterocycles. The van der Waals surface area contributed by atoms with E-state index in [9.17, 15) is 18.0 Å². The average Bonchev–Trinajstić information content (AvgIpc) is 2.64. The SMILES string of the molecule is CC(=O)c1cccc(S(=O)(=O)Nc2ccc(C)c(N3CCCCC3=O)c2)c1. The summed E-state index contributed by atoms with van der Waals surface area (Å²) < 4.78 is 28.0. The third-order valence-electron chi connectivity index (χ3n) is 4.63. The van der Waals surface area contributed by atoms with E-state index in [2.05, 4.69) is 4.72 Å². The van der Waals surface area contributed by atoms with Gasteiger partial charge in [0.05, 0.1) is 10.6 Å². The number of Topliss-reactive ketones (excluding diaryl/α,β-unsaturated/α-hetero) is 1. The lowest BCUT2D eigenvalue weighted by molar-refractivity contribution is -0.119. The maximum absolute atomic E-state index is 12.7. The topological polar surface area (TPSA) is 83.6 Å². The molecule has 0 unspecified atom stereocenters. The predicted octanol–water partition coefficient (Wildman–Crippen LogP) is 3.52. The van der Waals surface area contributed by atoms with Gasteiger partial charge in [0, 0.05) is 24.2 Å². The monoisotopic (exact) mass is 386 g/mol. The largest absolute Gasteiger partial charge is 0.312 e. The number of nitrogens with one attached hydrogen (secondary N) is 1. The molecule has 142 valence electrons. The maximum Gasteiger partial charge on any atom is 0.261 e. The highest BCUT2D eigenvalue weighted by atomic mass is 32.2. The Morgan fingerprint density at radius 3 is 2.59 bits per heavy atom. The summed E-state index contributed by atoms with van der Waals surface area (Å²) in [5.74, 6) is -0.146. The Labute approximate surface area is 159 Å². The number of benzene rings is 2. The van der Waals surface area contributed by atoms with E-state index in [0.717, 1.165) is 24.1 Å². The van der Waals surface area contributed by atoms with Crippen molar-refractivity contribution in [2.24, 2.45) is 0 Å². The van der Waals surface area contributed by atoms with Crippen LogP contribution in [0.3, 0.4) is 0 Å². The number of rotatable bonds is 5. The minimum Gasteiger partial charge on any atom is -0.312 e. The van der Waals surface area contributed by atoms with E-state index >= 15 is 0 Å². The number of carbonyl (C=O) groups excluding carboxylic acids is 2. The summed E-state index contributed by atoms with van der Waals surface area (Å²) >= 11 is 0. The Kier molecular flexibility index (Phi) is 5.32. The maximum atomic E-state index is 12.7. The fourth-order valence-electron chi connectivity index (χ4n) is 3.12. The number of hydrogen-bond acceptors (Lipinski definition) is 4. The molecule has 2 aromatic rings. The molecule has 1 N–H and O–H groups in total. The molecule has 1 aliphatic rings. The van der Waals surface area contributed by atoms with Crippen LogP contribution in [0.4, 0.5) is 11.4 Å². The van der Waals surface area contributed by atoms with Gasteiger partial charge in [-0.1, -0.05) is 18.2 Å². The van der Waals surface area contributed by atoms with Crippen LogP contribution in [0.15, 0.2) is 47.4 Å². The fourth-order valence-corrected chi connectivity index (χ4v) is 4.22. The van der Waals surface area contributed by atoms with Gasteiger partial charge in [0.1, 0.15) is 0 Å². The lowest BCUT2D eigenvalue weighted by Gasteiger charge is -2.28. The van der Waals surface area contributed by atoms with Crippen LogP contribution in [0.5, 0.6) is 0 Å². The van der Waals surface area contributed by atoms with Crippen molar-refractivity contribution in [1.82, 2.24) is 0 Å². The lowest BCUT2D eigenvalue weighted by atomic mass is 10.1. The molecule has 0 bridgehead atoms. The zero-order valence-electron chi connectivity index (χ0n) is 15.4. The van der Waals surface area contributed by atoms with Crippen LogP contribution < -0.4 is 9.62 Å². The van der Waals surface area contributed by atoms with E-state index in [-0.39, 0.29) is 16.6 Å². The number of hydrogen-bond donors (Lipinski definition) is 1. The highest BCUT2D eigenvalue weighted by molar-refractivity contribution is 7.92. The summed E-state index contributed by atoms with van der Waals surface area (Å²) in [5, 5.41) is 0. The molecule has 2 aromatic carbocycles. The number of amides is 1. The zero-order chi connectivity index (χ0) is 19.6. The van der Waals surface area contributed by atoms with Gasteiger partial charge in [-0.2, -0.15) is 0 Å². The number of aryl methyl sites for hydroxylation is 1. The molecule has 0 aliphatic carbocycles. The summed E-state index contributed by atoms with van der Waals surface area (Å²) in [6.45, 7) is 3.92. The fraction of sp³-hybridized carbons (Fsp3) is 0.300. The summed E-state index contributed by atoms with van der Waals surface area (Å²) in [4.78, 5) is 25.5. The Balaban J connectivity index is 1.91. The highest BCUT2D eigenvalue weighted by Crippen LogP contribution is 2.29. The molecule has 1 fully saturated rings. The molecular weight excluding hydrogens is 364 g/mol. The van der Waals surface area contributed by atoms with Crippen molar-refractivity contribution >= 4 is 33.1 Å². The number of piperidine rings is 1. The van der Waals surface area contributed by atoms with Gasteiger partial charge in [0.25, 0.3) is 10.0 Å². The summed E-state index contributed by atoms with van der Waals surface area (Å²) in [6, 6.07) is 11.1. The van der Waals surface area contributed by atoms with Crippen LogP contribution in [0.25, 0.3) is 0 Å². The molecule has 0 saturated carbocycles. The minimum absolute atomic E-state index is 0.0198. The van der Waals surface area contributed by atoms with Crippen molar-refractivity contribution < 1.29 is 18.0 Å². The highest BCUT2D eigenvalue weighted by Gasteiger charge is 2.22. The van der Waals surface area contributed by atoms with E-state index < -0.39 is 10.0 Å². The van der Waals surface area contributed by atoms with Gasteiger partial charge in [-0.3, -0.25) is 14.3 Å². The summed E-state index contributed by atoms with van der Waals surface area (Å²) in [7, 11) is -3.85. The Hall–Kier alpha value is -2.67. The molecule has 1 heterocycles. The van der Waals surface area contributed by atoms with Crippen LogP contribution in [-0.4, -0.2) is 26.7 Å². The smallest absolute Gasteiger partial charge is 0.261 e. The second-order valence-corrected chi connectivity index (χ2v) is 8.38. The molecule has 0 radical (unpaired) electrons. The first-order valence-corrected chi connectivity index (χ1v) is 10.3. The first-order chi connectivity index (χ1) is 12.8. The second kappa shape index (κ2) is 7.52. The van der Waals surface area contributed by atoms with Gasteiger partial charge in [-0.15, -0.1) is 0 Å². The molecule has 0 spiro atoms. The average molecular weight is 386 g/mol. The molecule has 27 heavy (non-hydrogen) atoms. The summed E-state index contributed by atoms with van der Waals surface area (Å²) in [5.41, 5.74) is 2.34. The third-order valence-corrected chi connectivity index (χ3v) is 6.01. The predicted molar refractivity (Wildman–Crippen MR) is 105 cm³/mol. The van der Waals surface area contributed by atoms with Gasteiger partial charge in [0.2, 0.25) is 5.91 Å². The van der Waals surface area contributed by atoms with Gasteiger partial charge in [-0.05, 0) is 56.5 Å². The number of nitrogens with zero attached hydrogens (tertiary/aromatic N) is 1. The first kappa shape index (κ1) is 19.1. The van der Waals surface area contributed by atoms with Gasteiger partial charge >= 0.3 is 0 Å². The van der Waals surface area contributed by atoms with E-state index in [1.807, 2.05) is 6.92 Å². The quantitative estimate of drug-likeness (QED) is 0.797. The molecule has 0 atom stereocenters. The molecule has 6 nitrogen and oxygen atoms in total. The Morgan fingerprint density at radius 2 is 1.89 bits per heavy atom. The van der Waals surface area contributed by atoms with Gasteiger partial charge < -0.3 is 4.90 Å². The molecule has 1 aliphatic heterocycles. The van der Waals surface area contributed by atoms with E-state index in [4.69, 9.17) is 0 Å². The van der Waals surface area contributed by atoms with E-state index in [0.29, 0.717) is 24.2 Å². The van der Waals surface area contributed by atoms with E-state index in [1.165, 1.54) is 25.1 Å². The van der Waals surface area contributed by atoms with Crippen molar-refractivity contribution in [1.29, 1.82) is 0 Å². The van der Waals surface area contributed by atoms with Crippen molar-refractivity contribution in [3.8, 4) is 0 Å². The molecule has 1 amide bonds. The van der Waals surface area contributed by atoms with Crippen LogP contribution in [0.2, 0.25) is 0 Å². The number of anilines is 2. The van der Waals surface area contributed by atoms with Crippen LogP contribution in [0, 0.1) is 6.92 Å². The molecular formula is C20H22N2O4S. The van der Waals surface area contributed by atoms with Crippen LogP contribution >= 0.6 is 0 Å². The lowest BCUT2D eigenvalue weighted by Crippen LogP contribution is -2.35. The Bertz CT molecular complexity index is 999.